The van der Waals surface area contributed by atoms with Gasteiger partial charge in [-0.1, -0.05) is 11.6 Å². The van der Waals surface area contributed by atoms with Crippen molar-refractivity contribution in [2.75, 3.05) is 0 Å². The van der Waals surface area contributed by atoms with Crippen LogP contribution >= 0.6 is 0 Å². The van der Waals surface area contributed by atoms with Crippen molar-refractivity contribution in [1.82, 2.24) is 9.78 Å². The lowest BCUT2D eigenvalue weighted by atomic mass is 9.86. The monoisotopic (exact) mass is 408 g/mol. The normalized spacial score (nSPS) is 20.9. The van der Waals surface area contributed by atoms with Crippen LogP contribution < -0.4 is 15.0 Å². The second-order valence-corrected chi connectivity index (χ2v) is 7.68. The average Bonchev–Trinajstić information content (AvgIpc) is 2.91. The molecule has 1 aromatic heterocycles. The van der Waals surface area contributed by atoms with Crippen LogP contribution in [-0.2, 0) is 0 Å². The number of H-pyrrole nitrogens is 1. The molecule has 0 bridgehead atoms. The molecule has 9 heteroatoms. The highest BCUT2D eigenvalue weighted by Crippen LogP contribution is 2.43. The Balaban J connectivity index is 1.92. The van der Waals surface area contributed by atoms with Crippen LogP contribution in [0.2, 0.25) is 0 Å². The van der Waals surface area contributed by atoms with Gasteiger partial charge in [0.15, 0.2) is 0 Å². The third kappa shape index (κ3) is 3.35. The Labute approximate surface area is 163 Å². The molecule has 2 aromatic carbocycles. The van der Waals surface area contributed by atoms with Crippen molar-refractivity contribution in [2.45, 2.75) is 44.9 Å². The number of ether oxygens (including phenoxy) is 2. The highest BCUT2D eigenvalue weighted by Gasteiger charge is 2.45. The Bertz CT molecular complexity index is 1150. The molecule has 6 nitrogen and oxygen atoms in total. The number of alkyl halides is 3. The fourth-order valence-corrected chi connectivity index (χ4v) is 3.66. The second kappa shape index (κ2) is 6.28. The maximum absolute atomic E-state index is 13.0. The van der Waals surface area contributed by atoms with Crippen molar-refractivity contribution in [2.24, 2.45) is 0 Å². The van der Waals surface area contributed by atoms with Crippen molar-refractivity contribution < 1.29 is 27.8 Å². The zero-order valence-corrected chi connectivity index (χ0v) is 15.9. The van der Waals surface area contributed by atoms with E-state index in [-0.39, 0.29) is 11.3 Å². The van der Waals surface area contributed by atoms with Crippen molar-refractivity contribution >= 4 is 10.9 Å². The fraction of sp³-hybridized carbons (Fsp3) is 0.350. The number of aliphatic hydroxyl groups excluding tert-OH is 1. The lowest BCUT2D eigenvalue weighted by molar-refractivity contribution is -0.274. The average molecular weight is 408 g/mol. The number of benzene rings is 2. The molecule has 0 fully saturated rings. The van der Waals surface area contributed by atoms with E-state index < -0.39 is 35.4 Å². The van der Waals surface area contributed by atoms with Crippen LogP contribution in [0, 0.1) is 6.92 Å². The quantitative estimate of drug-likeness (QED) is 0.679. The topological polar surface area (TPSA) is 76.5 Å². The molecule has 0 amide bonds. The summed E-state index contributed by atoms with van der Waals surface area (Å²) in [6.07, 6.45) is -6.09. The van der Waals surface area contributed by atoms with Gasteiger partial charge in [-0.2, -0.15) is 0 Å². The molecule has 1 aliphatic rings. The molecule has 1 aliphatic heterocycles. The van der Waals surface area contributed by atoms with Gasteiger partial charge in [-0.15, -0.1) is 13.2 Å². The van der Waals surface area contributed by atoms with Crippen molar-refractivity contribution in [3.05, 3.63) is 57.9 Å². The fourth-order valence-electron chi connectivity index (χ4n) is 3.66. The summed E-state index contributed by atoms with van der Waals surface area (Å²) in [5, 5.41) is 14.3. The van der Waals surface area contributed by atoms with E-state index in [2.05, 4.69) is 9.84 Å². The highest BCUT2D eigenvalue weighted by atomic mass is 19.4. The lowest BCUT2D eigenvalue weighted by Crippen LogP contribution is -2.52. The summed E-state index contributed by atoms with van der Waals surface area (Å²) >= 11 is 0. The van der Waals surface area contributed by atoms with E-state index >= 15 is 0 Å². The van der Waals surface area contributed by atoms with Gasteiger partial charge in [-0.05, 0) is 51.1 Å². The predicted molar refractivity (Wildman–Crippen MR) is 99.3 cm³/mol. The number of aromatic nitrogens is 2. The minimum Gasteiger partial charge on any atom is -0.485 e. The van der Waals surface area contributed by atoms with Gasteiger partial charge in [0, 0.05) is 5.56 Å². The third-order valence-electron chi connectivity index (χ3n) is 5.06. The van der Waals surface area contributed by atoms with E-state index in [1.165, 1.54) is 10.7 Å². The molecule has 0 spiro atoms. The first kappa shape index (κ1) is 19.4. The third-order valence-corrected chi connectivity index (χ3v) is 5.06. The van der Waals surface area contributed by atoms with Gasteiger partial charge in [0.2, 0.25) is 0 Å². The standard InChI is InChI=1S/C20H19F3N2O4/c1-10-4-6-14-12(8-10)18(27)25(24-14)16-13-9-11(28-20(21,22)23)5-7-15(13)29-19(2,3)17(16)26/h4-9,16-17,24,26H,1-3H3/t16-,17+/m1/s1. The molecule has 0 saturated heterocycles. The van der Waals surface area contributed by atoms with Crippen molar-refractivity contribution in [3.8, 4) is 11.5 Å². The summed E-state index contributed by atoms with van der Waals surface area (Å²) in [5.74, 6) is -0.196. The largest absolute Gasteiger partial charge is 0.573 e. The van der Waals surface area contributed by atoms with E-state index in [4.69, 9.17) is 4.74 Å². The molecule has 0 saturated carbocycles. The molecule has 2 heterocycles. The number of aryl methyl sites for hydroxylation is 1. The Morgan fingerprint density at radius 2 is 1.93 bits per heavy atom. The summed E-state index contributed by atoms with van der Waals surface area (Å²) in [7, 11) is 0. The number of hydrogen-bond acceptors (Lipinski definition) is 4. The molecule has 154 valence electrons. The predicted octanol–water partition coefficient (Wildman–Crippen LogP) is 3.66. The first-order valence-electron chi connectivity index (χ1n) is 8.94. The molecule has 0 unspecified atom stereocenters. The van der Waals surface area contributed by atoms with E-state index in [9.17, 15) is 23.1 Å². The van der Waals surface area contributed by atoms with Gasteiger partial charge in [0.05, 0.1) is 10.9 Å². The van der Waals surface area contributed by atoms with Gasteiger partial charge in [0.25, 0.3) is 5.56 Å². The molecule has 29 heavy (non-hydrogen) atoms. The summed E-state index contributed by atoms with van der Waals surface area (Å²) in [5.41, 5.74) is 0.176. The number of rotatable bonds is 2. The van der Waals surface area contributed by atoms with E-state index in [0.717, 1.165) is 17.7 Å². The Morgan fingerprint density at radius 3 is 2.62 bits per heavy atom. The SMILES string of the molecule is Cc1ccc2[nH]n([C@@H]3c4cc(OC(F)(F)F)ccc4OC(C)(C)[C@H]3O)c(=O)c2c1. The molecule has 2 atom stereocenters. The molecule has 0 radical (unpaired) electrons. The Hall–Kier alpha value is -2.94. The van der Waals surface area contributed by atoms with Gasteiger partial charge in [-0.25, -0.2) is 4.68 Å². The number of halogens is 3. The first-order valence-corrected chi connectivity index (χ1v) is 8.94. The van der Waals surface area contributed by atoms with Gasteiger partial charge in [0.1, 0.15) is 29.2 Å². The molecule has 4 rings (SSSR count). The number of aromatic amines is 1. The first-order chi connectivity index (χ1) is 13.5. The minimum absolute atomic E-state index is 0.212. The lowest BCUT2D eigenvalue weighted by Gasteiger charge is -2.42. The van der Waals surface area contributed by atoms with Gasteiger partial charge < -0.3 is 14.6 Å². The van der Waals surface area contributed by atoms with E-state index in [1.54, 1.807) is 26.0 Å². The van der Waals surface area contributed by atoms with Crippen LogP contribution in [0.5, 0.6) is 11.5 Å². The summed E-state index contributed by atoms with van der Waals surface area (Å²) in [6.45, 7) is 5.13. The molecular formula is C20H19F3N2O4. The van der Waals surface area contributed by atoms with Crippen LogP contribution in [-0.4, -0.2) is 33.0 Å². The molecular weight excluding hydrogens is 389 g/mol. The molecule has 2 N–H and O–H groups in total. The smallest absolute Gasteiger partial charge is 0.485 e. The van der Waals surface area contributed by atoms with Crippen molar-refractivity contribution in [3.63, 3.8) is 0 Å². The number of nitrogens with one attached hydrogen (secondary N) is 1. The van der Waals surface area contributed by atoms with E-state index in [1.807, 2.05) is 13.0 Å². The summed E-state index contributed by atoms with van der Waals surface area (Å²) in [6, 6.07) is 7.90. The maximum Gasteiger partial charge on any atom is 0.573 e. The van der Waals surface area contributed by atoms with Crippen LogP contribution in [0.15, 0.2) is 41.2 Å². The van der Waals surface area contributed by atoms with Crippen LogP contribution in [0.4, 0.5) is 13.2 Å². The minimum atomic E-state index is -4.87. The zero-order chi connectivity index (χ0) is 21.1. The zero-order valence-electron chi connectivity index (χ0n) is 15.9. The van der Waals surface area contributed by atoms with Crippen LogP contribution in [0.1, 0.15) is 31.0 Å². The van der Waals surface area contributed by atoms with Crippen LogP contribution in [0.3, 0.4) is 0 Å². The highest BCUT2D eigenvalue weighted by molar-refractivity contribution is 5.78. The van der Waals surface area contributed by atoms with Crippen molar-refractivity contribution in [1.29, 1.82) is 0 Å². The molecule has 3 aromatic rings. The Kier molecular flexibility index (Phi) is 4.20. The molecule has 0 aliphatic carbocycles. The number of fused-ring (bicyclic) bond motifs is 2. The van der Waals surface area contributed by atoms with Crippen LogP contribution in [0.25, 0.3) is 10.9 Å². The Morgan fingerprint density at radius 1 is 1.21 bits per heavy atom. The number of nitrogens with zero attached hydrogens (tertiary/aromatic N) is 1. The second-order valence-electron chi connectivity index (χ2n) is 7.68. The van der Waals surface area contributed by atoms with E-state index in [0.29, 0.717) is 10.9 Å². The van der Waals surface area contributed by atoms with Gasteiger partial charge in [-0.3, -0.25) is 9.89 Å². The maximum atomic E-state index is 13.0. The van der Waals surface area contributed by atoms with Gasteiger partial charge >= 0.3 is 6.36 Å². The number of hydrogen-bond donors (Lipinski definition) is 2. The number of aliphatic hydroxyl groups is 1. The summed E-state index contributed by atoms with van der Waals surface area (Å²) in [4.78, 5) is 13.0. The summed E-state index contributed by atoms with van der Waals surface area (Å²) < 4.78 is 49.0.